The first-order valence-corrected chi connectivity index (χ1v) is 8.67. The lowest BCUT2D eigenvalue weighted by Gasteiger charge is -2.14. The standard InChI is InChI=1S/C21H21N3O3/c1-3-11-23-17-9-4-5-10-18(17)24(21(27)20(23)26)14-19(25)22-13-16-8-6-7-15(2)12-16/h3-10,12H,1,11,13-14H2,2H3,(H,22,25). The average molecular weight is 363 g/mol. The Hall–Kier alpha value is -3.41. The molecule has 0 atom stereocenters. The summed E-state index contributed by atoms with van der Waals surface area (Å²) in [6.07, 6.45) is 1.56. The molecule has 0 unspecified atom stereocenters. The maximum absolute atomic E-state index is 12.5. The van der Waals surface area contributed by atoms with E-state index in [1.54, 1.807) is 30.3 Å². The molecule has 2 aromatic carbocycles. The Morgan fingerprint density at radius 1 is 1.04 bits per heavy atom. The molecule has 3 aromatic rings. The summed E-state index contributed by atoms with van der Waals surface area (Å²) >= 11 is 0. The van der Waals surface area contributed by atoms with E-state index in [1.165, 1.54) is 9.13 Å². The molecule has 1 N–H and O–H groups in total. The van der Waals surface area contributed by atoms with Gasteiger partial charge in [-0.1, -0.05) is 48.0 Å². The molecule has 1 heterocycles. The third-order valence-corrected chi connectivity index (χ3v) is 4.32. The van der Waals surface area contributed by atoms with Crippen molar-refractivity contribution in [1.82, 2.24) is 14.5 Å². The number of para-hydroxylation sites is 2. The SMILES string of the molecule is C=CCn1c(=O)c(=O)n(CC(=O)NCc2cccc(C)c2)c2ccccc21. The summed E-state index contributed by atoms with van der Waals surface area (Å²) in [6, 6.07) is 14.8. The molecule has 0 bridgehead atoms. The molecule has 0 aliphatic rings. The molecule has 0 radical (unpaired) electrons. The van der Waals surface area contributed by atoms with Crippen LogP contribution in [0.4, 0.5) is 0 Å². The highest BCUT2D eigenvalue weighted by molar-refractivity contribution is 5.80. The Bertz CT molecular complexity index is 1130. The summed E-state index contributed by atoms with van der Waals surface area (Å²) in [5.74, 6) is -0.329. The highest BCUT2D eigenvalue weighted by atomic mass is 16.2. The fourth-order valence-corrected chi connectivity index (χ4v) is 3.06. The molecule has 27 heavy (non-hydrogen) atoms. The lowest BCUT2D eigenvalue weighted by atomic mass is 10.1. The van der Waals surface area contributed by atoms with Crippen molar-refractivity contribution in [2.75, 3.05) is 0 Å². The van der Waals surface area contributed by atoms with Gasteiger partial charge in [-0.15, -0.1) is 6.58 Å². The van der Waals surface area contributed by atoms with Crippen LogP contribution in [0.1, 0.15) is 11.1 Å². The zero-order valence-corrected chi connectivity index (χ0v) is 15.1. The second kappa shape index (κ2) is 7.86. The summed E-state index contributed by atoms with van der Waals surface area (Å²) in [4.78, 5) is 37.4. The van der Waals surface area contributed by atoms with Crippen LogP contribution in [0, 0.1) is 6.92 Å². The van der Waals surface area contributed by atoms with Gasteiger partial charge >= 0.3 is 11.1 Å². The van der Waals surface area contributed by atoms with Gasteiger partial charge in [-0.25, -0.2) is 0 Å². The van der Waals surface area contributed by atoms with Crippen molar-refractivity contribution in [3.05, 3.63) is 93.0 Å². The molecule has 6 heteroatoms. The molecular formula is C21H21N3O3. The smallest absolute Gasteiger partial charge is 0.317 e. The minimum absolute atomic E-state index is 0.213. The largest absolute Gasteiger partial charge is 0.350 e. The molecular weight excluding hydrogens is 342 g/mol. The Labute approximate surface area is 156 Å². The zero-order chi connectivity index (χ0) is 19.4. The summed E-state index contributed by atoms with van der Waals surface area (Å²) in [6.45, 7) is 5.99. The van der Waals surface area contributed by atoms with Crippen LogP contribution in [-0.4, -0.2) is 15.0 Å². The number of aryl methyl sites for hydroxylation is 1. The highest BCUT2D eigenvalue weighted by Gasteiger charge is 2.14. The van der Waals surface area contributed by atoms with Gasteiger partial charge in [0.25, 0.3) is 0 Å². The van der Waals surface area contributed by atoms with Gasteiger partial charge in [-0.05, 0) is 24.6 Å². The van der Waals surface area contributed by atoms with Crippen molar-refractivity contribution in [2.45, 2.75) is 26.6 Å². The maximum Gasteiger partial charge on any atom is 0.317 e. The topological polar surface area (TPSA) is 73.1 Å². The molecule has 6 nitrogen and oxygen atoms in total. The minimum atomic E-state index is -0.721. The normalized spacial score (nSPS) is 10.7. The number of rotatable bonds is 6. The van der Waals surface area contributed by atoms with Gasteiger partial charge in [0.1, 0.15) is 6.54 Å². The van der Waals surface area contributed by atoms with Gasteiger partial charge in [-0.2, -0.15) is 0 Å². The Balaban J connectivity index is 1.90. The molecule has 1 amide bonds. The summed E-state index contributed by atoms with van der Waals surface area (Å²) < 4.78 is 2.59. The van der Waals surface area contributed by atoms with Crippen molar-refractivity contribution in [3.8, 4) is 0 Å². The van der Waals surface area contributed by atoms with E-state index in [0.29, 0.717) is 17.6 Å². The van der Waals surface area contributed by atoms with Gasteiger partial charge in [0, 0.05) is 13.1 Å². The molecule has 0 aliphatic heterocycles. The second-order valence-electron chi connectivity index (χ2n) is 6.35. The molecule has 0 spiro atoms. The minimum Gasteiger partial charge on any atom is -0.350 e. The van der Waals surface area contributed by atoms with E-state index >= 15 is 0 Å². The number of amides is 1. The van der Waals surface area contributed by atoms with E-state index < -0.39 is 11.1 Å². The molecule has 0 aliphatic carbocycles. The van der Waals surface area contributed by atoms with Crippen LogP contribution in [0.25, 0.3) is 11.0 Å². The van der Waals surface area contributed by atoms with E-state index in [9.17, 15) is 14.4 Å². The summed E-state index contributed by atoms with van der Waals surface area (Å²) in [5.41, 5.74) is 1.82. The van der Waals surface area contributed by atoms with Crippen molar-refractivity contribution in [2.24, 2.45) is 0 Å². The van der Waals surface area contributed by atoms with Crippen molar-refractivity contribution in [3.63, 3.8) is 0 Å². The first-order chi connectivity index (χ1) is 13.0. The van der Waals surface area contributed by atoms with Gasteiger partial charge in [0.05, 0.1) is 11.0 Å². The van der Waals surface area contributed by atoms with Crippen LogP contribution in [0.2, 0.25) is 0 Å². The van der Waals surface area contributed by atoms with Gasteiger partial charge in [-0.3, -0.25) is 23.5 Å². The third kappa shape index (κ3) is 3.89. The van der Waals surface area contributed by atoms with Crippen molar-refractivity contribution < 1.29 is 4.79 Å². The van der Waals surface area contributed by atoms with E-state index in [0.717, 1.165) is 11.1 Å². The predicted octanol–water partition coefficient (Wildman–Crippen LogP) is 1.97. The van der Waals surface area contributed by atoms with Gasteiger partial charge in [0.15, 0.2) is 0 Å². The van der Waals surface area contributed by atoms with Crippen molar-refractivity contribution in [1.29, 1.82) is 0 Å². The Kier molecular flexibility index (Phi) is 5.35. The third-order valence-electron chi connectivity index (χ3n) is 4.32. The zero-order valence-electron chi connectivity index (χ0n) is 15.1. The van der Waals surface area contributed by atoms with Crippen LogP contribution < -0.4 is 16.4 Å². The molecule has 0 saturated carbocycles. The van der Waals surface area contributed by atoms with Crippen LogP contribution >= 0.6 is 0 Å². The highest BCUT2D eigenvalue weighted by Crippen LogP contribution is 2.10. The lowest BCUT2D eigenvalue weighted by Crippen LogP contribution is -2.43. The van der Waals surface area contributed by atoms with Gasteiger partial charge < -0.3 is 5.32 Å². The molecule has 0 fully saturated rings. The maximum atomic E-state index is 12.5. The van der Waals surface area contributed by atoms with E-state index in [-0.39, 0.29) is 19.0 Å². The van der Waals surface area contributed by atoms with Crippen LogP contribution in [-0.2, 0) is 24.4 Å². The van der Waals surface area contributed by atoms with Crippen molar-refractivity contribution >= 4 is 16.9 Å². The second-order valence-corrected chi connectivity index (χ2v) is 6.35. The van der Waals surface area contributed by atoms with E-state index in [4.69, 9.17) is 0 Å². The molecule has 3 rings (SSSR count). The Morgan fingerprint density at radius 3 is 2.37 bits per heavy atom. The first-order valence-electron chi connectivity index (χ1n) is 8.67. The Morgan fingerprint density at radius 2 is 1.70 bits per heavy atom. The van der Waals surface area contributed by atoms with Crippen LogP contribution in [0.3, 0.4) is 0 Å². The molecule has 0 saturated heterocycles. The van der Waals surface area contributed by atoms with Gasteiger partial charge in [0.2, 0.25) is 5.91 Å². The number of hydrogen-bond acceptors (Lipinski definition) is 3. The number of nitrogens with zero attached hydrogens (tertiary/aromatic N) is 2. The first kappa shape index (κ1) is 18.4. The number of benzene rings is 2. The number of nitrogens with one attached hydrogen (secondary N) is 1. The molecule has 138 valence electrons. The van der Waals surface area contributed by atoms with Crippen LogP contribution in [0.15, 0.2) is 70.8 Å². The summed E-state index contributed by atoms with van der Waals surface area (Å²) in [7, 11) is 0. The fourth-order valence-electron chi connectivity index (χ4n) is 3.06. The fraction of sp³-hybridized carbons (Fsp3) is 0.190. The summed E-state index contributed by atoms with van der Waals surface area (Å²) in [5, 5.41) is 2.80. The number of fused-ring (bicyclic) bond motifs is 1. The van der Waals surface area contributed by atoms with Crippen LogP contribution in [0.5, 0.6) is 0 Å². The quantitative estimate of drug-likeness (QED) is 0.538. The van der Waals surface area contributed by atoms with E-state index in [2.05, 4.69) is 11.9 Å². The number of hydrogen-bond donors (Lipinski definition) is 1. The lowest BCUT2D eigenvalue weighted by molar-refractivity contribution is -0.121. The van der Waals surface area contributed by atoms with E-state index in [1.807, 2.05) is 31.2 Å². The molecule has 1 aromatic heterocycles. The predicted molar refractivity (Wildman–Crippen MR) is 106 cm³/mol. The number of carbonyl (C=O) groups is 1. The monoisotopic (exact) mass is 363 g/mol. The average Bonchev–Trinajstić information content (AvgIpc) is 2.67. The number of aromatic nitrogens is 2. The number of allylic oxidation sites excluding steroid dienone is 1. The number of carbonyl (C=O) groups excluding carboxylic acids is 1.